The molecule has 0 bridgehead atoms. The van der Waals surface area contributed by atoms with Crippen LogP contribution in [0.25, 0.3) is 11.5 Å². The van der Waals surface area contributed by atoms with Crippen molar-refractivity contribution in [3.05, 3.63) is 47.7 Å². The van der Waals surface area contributed by atoms with Gasteiger partial charge in [-0.15, -0.1) is 0 Å². The number of aromatic nitrogens is 1. The highest BCUT2D eigenvalue weighted by Gasteiger charge is 2.31. The number of carbonyl (C=O) groups excluding carboxylic acids is 1. The maximum absolute atomic E-state index is 13.2. The van der Waals surface area contributed by atoms with Crippen LogP contribution in [0.2, 0.25) is 0 Å². The second kappa shape index (κ2) is 8.21. The second-order valence-electron chi connectivity index (χ2n) is 6.56. The molecule has 1 fully saturated rings. The molecule has 2 aliphatic heterocycles. The Labute approximate surface area is 162 Å². The van der Waals surface area contributed by atoms with Gasteiger partial charge in [0.25, 0.3) is 0 Å². The van der Waals surface area contributed by atoms with Crippen molar-refractivity contribution in [1.29, 1.82) is 0 Å². The van der Waals surface area contributed by atoms with Gasteiger partial charge in [-0.05, 0) is 31.1 Å². The summed E-state index contributed by atoms with van der Waals surface area (Å²) in [4.78, 5) is 20.7. The van der Waals surface area contributed by atoms with Crippen LogP contribution in [0.3, 0.4) is 0 Å². The molecule has 1 atom stereocenters. The summed E-state index contributed by atoms with van der Waals surface area (Å²) in [5.41, 5.74) is 0.621. The third-order valence-corrected chi connectivity index (χ3v) is 5.88. The zero-order chi connectivity index (χ0) is 18.6. The summed E-state index contributed by atoms with van der Waals surface area (Å²) in [5, 5.41) is 0.763. The van der Waals surface area contributed by atoms with Gasteiger partial charge in [-0.25, -0.2) is 4.98 Å². The number of nitrogens with zero attached hydrogens (tertiary/aromatic N) is 2. The molecule has 0 spiro atoms. The van der Waals surface area contributed by atoms with Gasteiger partial charge in [-0.2, -0.15) is 0 Å². The Morgan fingerprint density at radius 1 is 1.37 bits per heavy atom. The summed E-state index contributed by atoms with van der Waals surface area (Å²) in [6.07, 6.45) is 11.1. The Hall–Kier alpha value is -2.22. The van der Waals surface area contributed by atoms with Gasteiger partial charge in [0.1, 0.15) is 10.6 Å². The molecule has 4 heterocycles. The minimum Gasteiger partial charge on any atom is -0.463 e. The number of furan rings is 1. The lowest BCUT2D eigenvalue weighted by Gasteiger charge is -2.27. The number of ether oxygens (including phenoxy) is 2. The Bertz CT molecular complexity index is 834. The van der Waals surface area contributed by atoms with E-state index >= 15 is 0 Å². The fraction of sp³-hybridized carbons (Fsp3) is 0.400. The van der Waals surface area contributed by atoms with E-state index in [1.807, 2.05) is 35.4 Å². The number of carbonyl (C=O) groups is 1. The predicted octanol–water partition coefficient (Wildman–Crippen LogP) is 3.92. The number of thiazole rings is 1. The van der Waals surface area contributed by atoms with Crippen LogP contribution in [0, 0.1) is 5.92 Å². The minimum atomic E-state index is -0.0210. The highest BCUT2D eigenvalue weighted by Crippen LogP contribution is 2.37. The molecule has 142 valence electrons. The van der Waals surface area contributed by atoms with Crippen LogP contribution in [0.5, 0.6) is 0 Å². The molecule has 4 rings (SSSR count). The van der Waals surface area contributed by atoms with Crippen LogP contribution in [-0.2, 0) is 9.47 Å². The highest BCUT2D eigenvalue weighted by molar-refractivity contribution is 7.18. The van der Waals surface area contributed by atoms with Gasteiger partial charge < -0.3 is 18.8 Å². The second-order valence-corrected chi connectivity index (χ2v) is 7.54. The normalized spacial score (nSPS) is 20.3. The van der Waals surface area contributed by atoms with Gasteiger partial charge in [0.05, 0.1) is 18.9 Å². The van der Waals surface area contributed by atoms with E-state index in [0.717, 1.165) is 18.0 Å². The average Bonchev–Trinajstić information content (AvgIpc) is 3.38. The number of ketones is 1. The fourth-order valence-electron chi connectivity index (χ4n) is 3.36. The first-order chi connectivity index (χ1) is 13.3. The van der Waals surface area contributed by atoms with E-state index in [1.54, 1.807) is 13.4 Å². The Morgan fingerprint density at radius 3 is 2.96 bits per heavy atom. The topological polar surface area (TPSA) is 64.8 Å². The molecule has 2 aromatic rings. The molecule has 0 saturated carbocycles. The largest absolute Gasteiger partial charge is 0.463 e. The number of allylic oxidation sites excluding steroid dienone is 2. The van der Waals surface area contributed by atoms with E-state index in [4.69, 9.17) is 18.9 Å². The van der Waals surface area contributed by atoms with Crippen LogP contribution in [0.15, 0.2) is 47.2 Å². The summed E-state index contributed by atoms with van der Waals surface area (Å²) in [6.45, 7) is 1.81. The van der Waals surface area contributed by atoms with Crippen molar-refractivity contribution in [2.24, 2.45) is 5.92 Å². The van der Waals surface area contributed by atoms with Crippen LogP contribution in [0.1, 0.15) is 22.5 Å². The lowest BCUT2D eigenvalue weighted by molar-refractivity contribution is 0.0547. The SMILES string of the molecule is COCC1C=CC=CN1c1nc(-c2ccco2)c(C(=O)C2CCOCC2)s1. The monoisotopic (exact) mass is 386 g/mol. The Kier molecular flexibility index (Phi) is 5.52. The molecule has 1 unspecified atom stereocenters. The maximum Gasteiger partial charge on any atom is 0.191 e. The fourth-order valence-corrected chi connectivity index (χ4v) is 4.49. The standard InChI is InChI=1S/C20H22N2O4S/c1-24-13-15-5-2-3-9-22(15)20-21-17(16-6-4-10-26-16)19(27-20)18(23)14-7-11-25-12-8-14/h2-6,9-10,14-15H,7-8,11-13H2,1H3. The third-order valence-electron chi connectivity index (χ3n) is 4.79. The van der Waals surface area contributed by atoms with Crippen LogP contribution in [-0.4, -0.2) is 43.7 Å². The first-order valence-electron chi connectivity index (χ1n) is 9.07. The molecule has 0 radical (unpaired) electrons. The lowest BCUT2D eigenvalue weighted by Crippen LogP contribution is -2.34. The van der Waals surface area contributed by atoms with Gasteiger partial charge in [-0.1, -0.05) is 23.5 Å². The quantitative estimate of drug-likeness (QED) is 0.701. The molecule has 0 amide bonds. The van der Waals surface area contributed by atoms with Crippen molar-refractivity contribution in [3.63, 3.8) is 0 Å². The van der Waals surface area contributed by atoms with Crippen LogP contribution in [0.4, 0.5) is 5.13 Å². The zero-order valence-electron chi connectivity index (χ0n) is 15.2. The smallest absolute Gasteiger partial charge is 0.191 e. The Balaban J connectivity index is 1.70. The van der Waals surface area contributed by atoms with Crippen LogP contribution < -0.4 is 4.90 Å². The summed E-state index contributed by atoms with van der Waals surface area (Å²) < 4.78 is 16.3. The number of anilines is 1. The lowest BCUT2D eigenvalue weighted by atomic mass is 9.94. The third kappa shape index (κ3) is 3.76. The molecule has 2 aliphatic rings. The van der Waals surface area contributed by atoms with Gasteiger partial charge >= 0.3 is 0 Å². The van der Waals surface area contributed by atoms with Gasteiger partial charge in [-0.3, -0.25) is 4.79 Å². The predicted molar refractivity (Wildman–Crippen MR) is 104 cm³/mol. The number of methoxy groups -OCH3 is 1. The average molecular weight is 386 g/mol. The molecule has 1 saturated heterocycles. The molecule has 2 aromatic heterocycles. The van der Waals surface area contributed by atoms with Crippen LogP contribution >= 0.6 is 11.3 Å². The molecule has 7 heteroatoms. The van der Waals surface area contributed by atoms with E-state index in [2.05, 4.69) is 6.08 Å². The van der Waals surface area contributed by atoms with Gasteiger partial charge in [0, 0.05) is 32.4 Å². The molecule has 6 nitrogen and oxygen atoms in total. The summed E-state index contributed by atoms with van der Waals surface area (Å²) in [5.74, 6) is 0.730. The van der Waals surface area contributed by atoms with Crippen molar-refractivity contribution in [1.82, 2.24) is 4.98 Å². The van der Waals surface area contributed by atoms with Crippen molar-refractivity contribution < 1.29 is 18.7 Å². The molecular formula is C20H22N2O4S. The van der Waals surface area contributed by atoms with Crippen molar-refractivity contribution in [3.8, 4) is 11.5 Å². The van der Waals surface area contributed by atoms with Crippen molar-refractivity contribution >= 4 is 22.3 Å². The van der Waals surface area contributed by atoms with Gasteiger partial charge in [0.15, 0.2) is 16.7 Å². The number of rotatable bonds is 6. The van der Waals surface area contributed by atoms with Gasteiger partial charge in [0.2, 0.25) is 0 Å². The molecule has 0 N–H and O–H groups in total. The van der Waals surface area contributed by atoms with Crippen molar-refractivity contribution in [2.75, 3.05) is 31.8 Å². The minimum absolute atomic E-state index is 0.0210. The van der Waals surface area contributed by atoms with E-state index in [-0.39, 0.29) is 17.7 Å². The molecule has 0 aliphatic carbocycles. The summed E-state index contributed by atoms with van der Waals surface area (Å²) in [7, 11) is 1.68. The van der Waals surface area contributed by atoms with E-state index in [0.29, 0.717) is 36.2 Å². The highest BCUT2D eigenvalue weighted by atomic mass is 32.1. The molecule has 0 aromatic carbocycles. The Morgan fingerprint density at radius 2 is 2.22 bits per heavy atom. The molecular weight excluding hydrogens is 364 g/mol. The number of Topliss-reactive ketones (excluding diaryl/α,β-unsaturated/α-hetero) is 1. The van der Waals surface area contributed by atoms with E-state index < -0.39 is 0 Å². The summed E-state index contributed by atoms with van der Waals surface area (Å²) >= 11 is 1.42. The zero-order valence-corrected chi connectivity index (χ0v) is 16.0. The summed E-state index contributed by atoms with van der Waals surface area (Å²) in [6, 6.07) is 3.70. The number of hydrogen-bond acceptors (Lipinski definition) is 7. The van der Waals surface area contributed by atoms with Crippen molar-refractivity contribution in [2.45, 2.75) is 18.9 Å². The first-order valence-corrected chi connectivity index (χ1v) is 9.88. The first kappa shape index (κ1) is 18.2. The van der Waals surface area contributed by atoms with E-state index in [1.165, 1.54) is 11.3 Å². The number of hydrogen-bond donors (Lipinski definition) is 0. The molecule has 27 heavy (non-hydrogen) atoms. The van der Waals surface area contributed by atoms with E-state index in [9.17, 15) is 4.79 Å². The maximum atomic E-state index is 13.2.